The van der Waals surface area contributed by atoms with E-state index in [9.17, 15) is 5.21 Å². The summed E-state index contributed by atoms with van der Waals surface area (Å²) in [6.45, 7) is 0. The first kappa shape index (κ1) is 20.5. The number of oxime groups is 1. The molecule has 1 spiro atoms. The lowest BCUT2D eigenvalue weighted by atomic mass is 9.78. The molecular formula is C25H22BrClN2O2. The van der Waals surface area contributed by atoms with Crippen molar-refractivity contribution in [1.29, 1.82) is 0 Å². The van der Waals surface area contributed by atoms with Gasteiger partial charge in [0.15, 0.2) is 0 Å². The second kappa shape index (κ2) is 8.29. The van der Waals surface area contributed by atoms with E-state index in [-0.39, 0.29) is 5.60 Å². The lowest BCUT2D eigenvalue weighted by Gasteiger charge is -2.41. The molecule has 1 fully saturated rings. The molecule has 5 rings (SSSR count). The third-order valence-corrected chi connectivity index (χ3v) is 7.13. The molecule has 1 N–H and O–H groups in total. The molecule has 1 aromatic heterocycles. The van der Waals surface area contributed by atoms with E-state index in [2.05, 4.69) is 21.1 Å². The summed E-state index contributed by atoms with van der Waals surface area (Å²) in [6, 6.07) is 17.8. The average Bonchev–Trinajstić information content (AvgIpc) is 2.79. The van der Waals surface area contributed by atoms with Crippen molar-refractivity contribution >= 4 is 33.2 Å². The van der Waals surface area contributed by atoms with Crippen LogP contribution in [-0.2, 0) is 0 Å². The van der Waals surface area contributed by atoms with Crippen LogP contribution in [0.3, 0.4) is 0 Å². The minimum atomic E-state index is -0.337. The standard InChI is InChI=1S/C25H22BrClN2O2/c26-17-10-8-16(9-11-17)19-14-20-22(29-30)15-25(12-4-1-5-13-25)31-24(20)28-23(19)18-6-2-3-7-21(18)27/h2-3,6-11,14,30H,1,4-5,12-13,15H2/b29-22+. The molecule has 2 heterocycles. The Balaban J connectivity index is 1.73. The summed E-state index contributed by atoms with van der Waals surface area (Å²) in [4.78, 5) is 4.98. The van der Waals surface area contributed by atoms with Crippen LogP contribution in [0.5, 0.6) is 5.88 Å². The van der Waals surface area contributed by atoms with Crippen LogP contribution in [-0.4, -0.2) is 21.5 Å². The van der Waals surface area contributed by atoms with Crippen molar-refractivity contribution in [2.75, 3.05) is 0 Å². The zero-order valence-electron chi connectivity index (χ0n) is 16.9. The smallest absolute Gasteiger partial charge is 0.223 e. The monoisotopic (exact) mass is 496 g/mol. The first-order valence-electron chi connectivity index (χ1n) is 10.5. The van der Waals surface area contributed by atoms with Gasteiger partial charge in [0.25, 0.3) is 0 Å². The van der Waals surface area contributed by atoms with Crippen LogP contribution in [0.15, 0.2) is 64.2 Å². The zero-order valence-corrected chi connectivity index (χ0v) is 19.3. The number of ether oxygens (including phenoxy) is 1. The van der Waals surface area contributed by atoms with Gasteiger partial charge in [-0.15, -0.1) is 0 Å². The van der Waals surface area contributed by atoms with E-state index in [1.807, 2.05) is 54.6 Å². The van der Waals surface area contributed by atoms with E-state index in [1.165, 1.54) is 6.42 Å². The van der Waals surface area contributed by atoms with Crippen LogP contribution in [0.25, 0.3) is 22.4 Å². The molecule has 3 aromatic rings. The maximum atomic E-state index is 9.86. The Hall–Kier alpha value is -2.37. The summed E-state index contributed by atoms with van der Waals surface area (Å²) in [7, 11) is 0. The van der Waals surface area contributed by atoms with Gasteiger partial charge in [0, 0.05) is 27.0 Å². The first-order chi connectivity index (χ1) is 15.1. The van der Waals surface area contributed by atoms with E-state index in [0.29, 0.717) is 23.0 Å². The summed E-state index contributed by atoms with van der Waals surface area (Å²) in [5, 5.41) is 14.2. The van der Waals surface area contributed by atoms with Crippen LogP contribution >= 0.6 is 27.5 Å². The molecule has 0 unspecified atom stereocenters. The minimum absolute atomic E-state index is 0.337. The number of nitrogens with zero attached hydrogens (tertiary/aromatic N) is 2. The van der Waals surface area contributed by atoms with Crippen molar-refractivity contribution in [3.05, 3.63) is 69.7 Å². The number of hydrogen-bond donors (Lipinski definition) is 1. The molecule has 0 bridgehead atoms. The van der Waals surface area contributed by atoms with E-state index in [0.717, 1.165) is 58.1 Å². The summed E-state index contributed by atoms with van der Waals surface area (Å²) >= 11 is 10.1. The molecule has 0 amide bonds. The Labute approximate surface area is 195 Å². The van der Waals surface area contributed by atoms with Crippen molar-refractivity contribution in [3.8, 4) is 28.3 Å². The Bertz CT molecular complexity index is 1150. The molecule has 0 atom stereocenters. The van der Waals surface area contributed by atoms with Crippen molar-refractivity contribution in [3.63, 3.8) is 0 Å². The normalized spacial score (nSPS) is 18.6. The molecule has 2 aromatic carbocycles. The lowest BCUT2D eigenvalue weighted by molar-refractivity contribution is 0.0269. The van der Waals surface area contributed by atoms with Gasteiger partial charge in [-0.2, -0.15) is 0 Å². The third-order valence-electron chi connectivity index (χ3n) is 6.27. The predicted octanol–water partition coefficient (Wildman–Crippen LogP) is 7.50. The van der Waals surface area contributed by atoms with Crippen molar-refractivity contribution < 1.29 is 9.94 Å². The fourth-order valence-electron chi connectivity index (χ4n) is 4.69. The highest BCUT2D eigenvalue weighted by atomic mass is 79.9. The van der Waals surface area contributed by atoms with Crippen LogP contribution in [0.2, 0.25) is 5.02 Å². The highest BCUT2D eigenvalue weighted by molar-refractivity contribution is 9.10. The maximum absolute atomic E-state index is 9.86. The number of rotatable bonds is 2. The molecule has 1 aliphatic carbocycles. The van der Waals surface area contributed by atoms with Crippen molar-refractivity contribution in [1.82, 2.24) is 4.98 Å². The summed E-state index contributed by atoms with van der Waals surface area (Å²) in [5.74, 6) is 0.525. The number of halogens is 2. The highest BCUT2D eigenvalue weighted by Gasteiger charge is 2.42. The topological polar surface area (TPSA) is 54.7 Å². The van der Waals surface area contributed by atoms with Gasteiger partial charge < -0.3 is 9.94 Å². The Kier molecular flexibility index (Phi) is 5.49. The van der Waals surface area contributed by atoms with E-state index < -0.39 is 0 Å². The second-order valence-electron chi connectivity index (χ2n) is 8.29. The maximum Gasteiger partial charge on any atom is 0.223 e. The summed E-state index contributed by atoms with van der Waals surface area (Å²) in [6.07, 6.45) is 5.94. The van der Waals surface area contributed by atoms with Gasteiger partial charge >= 0.3 is 0 Å². The van der Waals surface area contributed by atoms with Crippen molar-refractivity contribution in [2.45, 2.75) is 44.1 Å². The van der Waals surface area contributed by atoms with E-state index in [1.54, 1.807) is 0 Å². The number of hydrogen-bond acceptors (Lipinski definition) is 4. The third kappa shape index (κ3) is 3.85. The lowest BCUT2D eigenvalue weighted by Crippen LogP contribution is -2.44. The van der Waals surface area contributed by atoms with Crippen LogP contribution < -0.4 is 4.74 Å². The number of fused-ring (bicyclic) bond motifs is 1. The minimum Gasteiger partial charge on any atom is -0.470 e. The molecular weight excluding hydrogens is 476 g/mol. The van der Waals surface area contributed by atoms with Crippen LogP contribution in [0.4, 0.5) is 0 Å². The molecule has 0 saturated heterocycles. The number of benzene rings is 2. The highest BCUT2D eigenvalue weighted by Crippen LogP contribution is 2.45. The van der Waals surface area contributed by atoms with Gasteiger partial charge in [-0.1, -0.05) is 69.4 Å². The van der Waals surface area contributed by atoms with Gasteiger partial charge in [-0.05, 0) is 55.5 Å². The Morgan fingerprint density at radius 3 is 2.42 bits per heavy atom. The first-order valence-corrected chi connectivity index (χ1v) is 11.7. The molecule has 2 aliphatic rings. The predicted molar refractivity (Wildman–Crippen MR) is 127 cm³/mol. The Morgan fingerprint density at radius 1 is 0.968 bits per heavy atom. The fourth-order valence-corrected chi connectivity index (χ4v) is 5.18. The van der Waals surface area contributed by atoms with Gasteiger partial charge in [0.1, 0.15) is 5.60 Å². The quantitative estimate of drug-likeness (QED) is 0.295. The van der Waals surface area contributed by atoms with E-state index >= 15 is 0 Å². The molecule has 1 saturated carbocycles. The van der Waals surface area contributed by atoms with Crippen LogP contribution in [0.1, 0.15) is 44.1 Å². The van der Waals surface area contributed by atoms with Gasteiger partial charge in [0.05, 0.1) is 17.0 Å². The van der Waals surface area contributed by atoms with Gasteiger partial charge in [-0.3, -0.25) is 0 Å². The van der Waals surface area contributed by atoms with E-state index in [4.69, 9.17) is 21.3 Å². The number of pyridine rings is 1. The van der Waals surface area contributed by atoms with Crippen molar-refractivity contribution in [2.24, 2.45) is 5.16 Å². The molecule has 31 heavy (non-hydrogen) atoms. The summed E-state index contributed by atoms with van der Waals surface area (Å²) < 4.78 is 7.55. The average molecular weight is 498 g/mol. The SMILES string of the molecule is O/N=C1\CC2(CCCCC2)Oc2nc(-c3ccccc3Cl)c(-c3ccc(Br)cc3)cc21. The number of aromatic nitrogens is 1. The molecule has 6 heteroatoms. The van der Waals surface area contributed by atoms with Crippen LogP contribution in [0, 0.1) is 0 Å². The van der Waals surface area contributed by atoms with Gasteiger partial charge in [-0.25, -0.2) is 4.98 Å². The summed E-state index contributed by atoms with van der Waals surface area (Å²) in [5.41, 5.74) is 4.58. The molecule has 158 valence electrons. The van der Waals surface area contributed by atoms with Gasteiger partial charge in [0.2, 0.25) is 5.88 Å². The molecule has 0 radical (unpaired) electrons. The molecule has 1 aliphatic heterocycles. The fraction of sp³-hybridized carbons (Fsp3) is 0.280. The Morgan fingerprint density at radius 2 is 1.71 bits per heavy atom. The largest absolute Gasteiger partial charge is 0.470 e. The zero-order chi connectivity index (χ0) is 21.4. The second-order valence-corrected chi connectivity index (χ2v) is 9.62. The molecule has 4 nitrogen and oxygen atoms in total.